The minimum absolute atomic E-state index is 0.0623. The van der Waals surface area contributed by atoms with Crippen LogP contribution in [0.2, 0.25) is 0 Å². The Morgan fingerprint density at radius 3 is 2.59 bits per heavy atom. The number of amides is 1. The summed E-state index contributed by atoms with van der Waals surface area (Å²) in [6.07, 6.45) is 1.51. The van der Waals surface area contributed by atoms with Gasteiger partial charge < -0.3 is 19.3 Å². The summed E-state index contributed by atoms with van der Waals surface area (Å²) < 4.78 is 15.6. The van der Waals surface area contributed by atoms with E-state index in [9.17, 15) is 4.79 Å². The molecule has 0 unspecified atom stereocenters. The Bertz CT molecular complexity index is 890. The molecule has 7 nitrogen and oxygen atoms in total. The summed E-state index contributed by atoms with van der Waals surface area (Å²) in [6.45, 7) is 0. The van der Waals surface area contributed by atoms with Crippen LogP contribution in [0.25, 0.3) is 11.4 Å². The number of carbonyl (C=O) groups is 1. The van der Waals surface area contributed by atoms with Gasteiger partial charge in [0, 0.05) is 24.1 Å². The number of hydrogen-bond donors (Lipinski definition) is 1. The standard InChI is InChI=1S/C20H21N3O4/c1-25-16-11-9-15(10-12-16)21-18(24)7-4-8-19-22-20(23-27-19)14-5-3-6-17(13-14)26-2/h3,5-6,9-13H,4,7-8H2,1-2H3,(H,21,24). The monoisotopic (exact) mass is 367 g/mol. The van der Waals surface area contributed by atoms with Crippen molar-refractivity contribution in [2.24, 2.45) is 0 Å². The van der Waals surface area contributed by atoms with Crippen molar-refractivity contribution in [3.63, 3.8) is 0 Å². The van der Waals surface area contributed by atoms with Gasteiger partial charge in [-0.2, -0.15) is 4.98 Å². The molecule has 0 aliphatic rings. The van der Waals surface area contributed by atoms with Crippen LogP contribution in [0, 0.1) is 0 Å². The molecule has 0 atom stereocenters. The molecule has 1 heterocycles. The molecule has 1 N–H and O–H groups in total. The minimum atomic E-state index is -0.0623. The van der Waals surface area contributed by atoms with Crippen LogP contribution in [0.15, 0.2) is 53.1 Å². The number of anilines is 1. The molecule has 0 saturated carbocycles. The van der Waals surface area contributed by atoms with Gasteiger partial charge in [0.2, 0.25) is 17.6 Å². The Balaban J connectivity index is 1.48. The van der Waals surface area contributed by atoms with Crippen molar-refractivity contribution in [1.29, 1.82) is 0 Å². The number of benzene rings is 2. The molecule has 1 amide bonds. The van der Waals surface area contributed by atoms with Gasteiger partial charge >= 0.3 is 0 Å². The molecule has 7 heteroatoms. The van der Waals surface area contributed by atoms with Crippen molar-refractivity contribution in [2.45, 2.75) is 19.3 Å². The van der Waals surface area contributed by atoms with Crippen molar-refractivity contribution in [3.05, 3.63) is 54.4 Å². The van der Waals surface area contributed by atoms with Crippen LogP contribution in [0.4, 0.5) is 5.69 Å². The molecule has 0 bridgehead atoms. The number of nitrogens with zero attached hydrogens (tertiary/aromatic N) is 2. The molecule has 0 aliphatic carbocycles. The predicted octanol–water partition coefficient (Wildman–Crippen LogP) is 3.72. The second-order valence-corrected chi connectivity index (χ2v) is 5.87. The summed E-state index contributed by atoms with van der Waals surface area (Å²) in [5, 5.41) is 6.84. The molecule has 0 aliphatic heterocycles. The van der Waals surface area contributed by atoms with E-state index >= 15 is 0 Å². The zero-order valence-electron chi connectivity index (χ0n) is 15.3. The van der Waals surface area contributed by atoms with E-state index in [1.54, 1.807) is 38.5 Å². The van der Waals surface area contributed by atoms with Gasteiger partial charge in [-0.1, -0.05) is 17.3 Å². The first-order valence-corrected chi connectivity index (χ1v) is 8.59. The summed E-state index contributed by atoms with van der Waals surface area (Å²) in [7, 11) is 3.21. The quantitative estimate of drug-likeness (QED) is 0.653. The average Bonchev–Trinajstić information content (AvgIpc) is 3.17. The Kier molecular flexibility index (Phi) is 6.04. The van der Waals surface area contributed by atoms with E-state index in [-0.39, 0.29) is 5.91 Å². The molecule has 0 fully saturated rings. The number of aromatic nitrogens is 2. The average molecular weight is 367 g/mol. The second kappa shape index (κ2) is 8.84. The van der Waals surface area contributed by atoms with E-state index < -0.39 is 0 Å². The van der Waals surface area contributed by atoms with Crippen LogP contribution in [0.3, 0.4) is 0 Å². The lowest BCUT2D eigenvalue weighted by Gasteiger charge is -2.05. The fourth-order valence-corrected chi connectivity index (χ4v) is 2.53. The van der Waals surface area contributed by atoms with Gasteiger partial charge in [0.25, 0.3) is 0 Å². The third-order valence-electron chi connectivity index (χ3n) is 3.96. The van der Waals surface area contributed by atoms with Crippen LogP contribution in [0.5, 0.6) is 11.5 Å². The number of hydrogen-bond acceptors (Lipinski definition) is 6. The van der Waals surface area contributed by atoms with Crippen LogP contribution in [-0.4, -0.2) is 30.3 Å². The van der Waals surface area contributed by atoms with E-state index in [0.29, 0.717) is 31.0 Å². The highest BCUT2D eigenvalue weighted by Gasteiger charge is 2.10. The van der Waals surface area contributed by atoms with Crippen molar-refractivity contribution in [3.8, 4) is 22.9 Å². The third kappa shape index (κ3) is 5.07. The fourth-order valence-electron chi connectivity index (χ4n) is 2.53. The van der Waals surface area contributed by atoms with Gasteiger partial charge in [0.1, 0.15) is 11.5 Å². The maximum absolute atomic E-state index is 12.0. The predicted molar refractivity (Wildman–Crippen MR) is 101 cm³/mol. The number of carbonyl (C=O) groups excluding carboxylic acids is 1. The van der Waals surface area contributed by atoms with Crippen molar-refractivity contribution < 1.29 is 18.8 Å². The summed E-state index contributed by atoms with van der Waals surface area (Å²) in [4.78, 5) is 16.4. The third-order valence-corrected chi connectivity index (χ3v) is 3.96. The lowest BCUT2D eigenvalue weighted by molar-refractivity contribution is -0.116. The minimum Gasteiger partial charge on any atom is -0.497 e. The van der Waals surface area contributed by atoms with Crippen molar-refractivity contribution in [1.82, 2.24) is 10.1 Å². The lowest BCUT2D eigenvalue weighted by Crippen LogP contribution is -2.11. The Morgan fingerprint density at radius 1 is 1.07 bits per heavy atom. The molecule has 0 spiro atoms. The first-order valence-electron chi connectivity index (χ1n) is 8.59. The van der Waals surface area contributed by atoms with Gasteiger partial charge in [0.15, 0.2) is 0 Å². The van der Waals surface area contributed by atoms with E-state index in [1.807, 2.05) is 24.3 Å². The van der Waals surface area contributed by atoms with Gasteiger partial charge in [-0.25, -0.2) is 0 Å². The largest absolute Gasteiger partial charge is 0.497 e. The molecule has 2 aromatic carbocycles. The van der Waals surface area contributed by atoms with Gasteiger partial charge in [-0.15, -0.1) is 0 Å². The maximum Gasteiger partial charge on any atom is 0.226 e. The highest BCUT2D eigenvalue weighted by molar-refractivity contribution is 5.90. The molecule has 0 saturated heterocycles. The molecular weight excluding hydrogens is 346 g/mol. The molecule has 140 valence electrons. The number of ether oxygens (including phenoxy) is 2. The SMILES string of the molecule is COc1ccc(NC(=O)CCCc2nc(-c3cccc(OC)c3)no2)cc1. The van der Waals surface area contributed by atoms with Gasteiger partial charge in [-0.3, -0.25) is 4.79 Å². The van der Waals surface area contributed by atoms with Crippen molar-refractivity contribution >= 4 is 11.6 Å². The second-order valence-electron chi connectivity index (χ2n) is 5.87. The normalized spacial score (nSPS) is 10.4. The number of nitrogens with one attached hydrogen (secondary N) is 1. The highest BCUT2D eigenvalue weighted by Crippen LogP contribution is 2.21. The first-order chi connectivity index (χ1) is 13.2. The molecule has 1 aromatic heterocycles. The van der Waals surface area contributed by atoms with Crippen molar-refractivity contribution in [2.75, 3.05) is 19.5 Å². The fraction of sp³-hybridized carbons (Fsp3) is 0.250. The van der Waals surface area contributed by atoms with Gasteiger partial charge in [0.05, 0.1) is 14.2 Å². The van der Waals surface area contributed by atoms with E-state index in [2.05, 4.69) is 15.5 Å². The molecule has 0 radical (unpaired) electrons. The number of rotatable bonds is 8. The first kappa shape index (κ1) is 18.4. The van der Waals surface area contributed by atoms with Gasteiger partial charge in [-0.05, 0) is 42.8 Å². The summed E-state index contributed by atoms with van der Waals surface area (Å²) >= 11 is 0. The van der Waals surface area contributed by atoms with Crippen LogP contribution in [-0.2, 0) is 11.2 Å². The number of methoxy groups -OCH3 is 2. The summed E-state index contributed by atoms with van der Waals surface area (Å²) in [5.41, 5.74) is 1.56. The molecule has 3 aromatic rings. The Hall–Kier alpha value is -3.35. The summed E-state index contributed by atoms with van der Waals surface area (Å²) in [5.74, 6) is 2.43. The van der Waals surface area contributed by atoms with Crippen LogP contribution >= 0.6 is 0 Å². The highest BCUT2D eigenvalue weighted by atomic mass is 16.5. The lowest BCUT2D eigenvalue weighted by atomic mass is 10.2. The van der Waals surface area contributed by atoms with E-state index in [1.165, 1.54) is 0 Å². The van der Waals surface area contributed by atoms with Crippen LogP contribution in [0.1, 0.15) is 18.7 Å². The Morgan fingerprint density at radius 2 is 1.85 bits per heavy atom. The topological polar surface area (TPSA) is 86.5 Å². The summed E-state index contributed by atoms with van der Waals surface area (Å²) in [6, 6.07) is 14.7. The Labute approximate surface area is 157 Å². The molecule has 27 heavy (non-hydrogen) atoms. The smallest absolute Gasteiger partial charge is 0.226 e. The zero-order valence-corrected chi connectivity index (χ0v) is 15.3. The van der Waals surface area contributed by atoms with E-state index in [4.69, 9.17) is 14.0 Å². The van der Waals surface area contributed by atoms with Crippen LogP contribution < -0.4 is 14.8 Å². The van der Waals surface area contributed by atoms with E-state index in [0.717, 1.165) is 22.7 Å². The number of aryl methyl sites for hydroxylation is 1. The maximum atomic E-state index is 12.0. The zero-order chi connectivity index (χ0) is 19.1. The molecule has 3 rings (SSSR count). The molecular formula is C20H21N3O4.